The van der Waals surface area contributed by atoms with Crippen molar-refractivity contribution in [3.63, 3.8) is 0 Å². The highest BCUT2D eigenvalue weighted by Gasteiger charge is 2.41. The van der Waals surface area contributed by atoms with Crippen molar-refractivity contribution >= 4 is 40.5 Å². The summed E-state index contributed by atoms with van der Waals surface area (Å²) in [5.41, 5.74) is 2.37. The van der Waals surface area contributed by atoms with Crippen LogP contribution in [0.1, 0.15) is 29.5 Å². The average molecular weight is 383 g/mol. The Kier molecular flexibility index (Phi) is 3.83. The van der Waals surface area contributed by atoms with E-state index in [-0.39, 0.29) is 29.4 Å². The summed E-state index contributed by atoms with van der Waals surface area (Å²) in [6.07, 6.45) is 5.08. The molecule has 0 bridgehead atoms. The minimum Gasteiger partial charge on any atom is -0.508 e. The number of hydrogen-bond donors (Lipinski definition) is 3. The Morgan fingerprint density at radius 1 is 1.04 bits per heavy atom. The van der Waals surface area contributed by atoms with Crippen LogP contribution >= 0.6 is 34.8 Å². The van der Waals surface area contributed by atoms with Gasteiger partial charge in [0.15, 0.2) is 0 Å². The summed E-state index contributed by atoms with van der Waals surface area (Å²) in [5.74, 6) is 0.335. The number of rotatable bonds is 1. The molecule has 1 aliphatic heterocycles. The maximum atomic E-state index is 10.3. The molecule has 24 heavy (non-hydrogen) atoms. The Balaban J connectivity index is 1.88. The minimum absolute atomic E-state index is 0.0291. The predicted molar refractivity (Wildman–Crippen MR) is 97.6 cm³/mol. The fourth-order valence-corrected chi connectivity index (χ4v) is 4.57. The van der Waals surface area contributed by atoms with Crippen molar-refractivity contribution in [3.8, 4) is 11.5 Å². The van der Waals surface area contributed by atoms with Gasteiger partial charge >= 0.3 is 0 Å². The molecular weight excluding hydrogens is 369 g/mol. The van der Waals surface area contributed by atoms with E-state index in [0.29, 0.717) is 15.1 Å². The summed E-state index contributed by atoms with van der Waals surface area (Å²) in [7, 11) is 0. The Bertz CT molecular complexity index is 866. The summed E-state index contributed by atoms with van der Waals surface area (Å²) in [4.78, 5) is 0. The van der Waals surface area contributed by atoms with E-state index in [1.165, 1.54) is 6.07 Å². The van der Waals surface area contributed by atoms with Crippen molar-refractivity contribution in [2.24, 2.45) is 5.92 Å². The molecule has 0 aromatic heterocycles. The van der Waals surface area contributed by atoms with Gasteiger partial charge in [-0.2, -0.15) is 0 Å². The maximum Gasteiger partial charge on any atom is 0.124 e. The van der Waals surface area contributed by atoms with E-state index in [4.69, 9.17) is 34.8 Å². The van der Waals surface area contributed by atoms with Crippen molar-refractivity contribution in [3.05, 3.63) is 62.6 Å². The van der Waals surface area contributed by atoms with Crippen LogP contribution < -0.4 is 5.32 Å². The SMILES string of the molecule is Oc1ccc(C2Nc3c(Cl)cc(Cl)c(Cl)c3C3C=CCC32)c(O)c1. The number of aromatic hydroxyl groups is 2. The first-order chi connectivity index (χ1) is 11.5. The number of anilines is 1. The number of phenols is 2. The zero-order chi connectivity index (χ0) is 17.0. The van der Waals surface area contributed by atoms with Crippen LogP contribution in [0.2, 0.25) is 15.1 Å². The molecule has 0 saturated carbocycles. The molecule has 4 rings (SSSR count). The van der Waals surface area contributed by atoms with Crippen LogP contribution in [0.15, 0.2) is 36.4 Å². The van der Waals surface area contributed by atoms with Gasteiger partial charge in [-0.3, -0.25) is 0 Å². The van der Waals surface area contributed by atoms with E-state index in [0.717, 1.165) is 23.2 Å². The monoisotopic (exact) mass is 381 g/mol. The van der Waals surface area contributed by atoms with Crippen LogP contribution in [0, 0.1) is 5.92 Å². The lowest BCUT2D eigenvalue weighted by atomic mass is 9.76. The molecule has 0 radical (unpaired) electrons. The van der Waals surface area contributed by atoms with E-state index in [1.54, 1.807) is 18.2 Å². The van der Waals surface area contributed by atoms with E-state index >= 15 is 0 Å². The van der Waals surface area contributed by atoms with Crippen LogP contribution in [0.3, 0.4) is 0 Å². The summed E-state index contributed by atoms with van der Waals surface area (Å²) in [6.45, 7) is 0. The molecule has 0 fully saturated rings. The van der Waals surface area contributed by atoms with Gasteiger partial charge in [0.25, 0.3) is 0 Å². The number of fused-ring (bicyclic) bond motifs is 3. The lowest BCUT2D eigenvalue weighted by Crippen LogP contribution is -2.29. The van der Waals surface area contributed by atoms with E-state index in [2.05, 4.69) is 17.5 Å². The largest absolute Gasteiger partial charge is 0.508 e. The van der Waals surface area contributed by atoms with Crippen molar-refractivity contribution in [2.45, 2.75) is 18.4 Å². The molecule has 6 heteroatoms. The molecule has 124 valence electrons. The van der Waals surface area contributed by atoms with Crippen molar-refractivity contribution in [2.75, 3.05) is 5.32 Å². The average Bonchev–Trinajstić information content (AvgIpc) is 3.01. The third-order valence-corrected chi connectivity index (χ3v) is 5.93. The summed E-state index contributed by atoms with van der Waals surface area (Å²) >= 11 is 19.0. The van der Waals surface area contributed by atoms with Gasteiger partial charge in [0.05, 0.1) is 26.8 Å². The highest BCUT2D eigenvalue weighted by molar-refractivity contribution is 6.44. The number of benzene rings is 2. The first-order valence-corrected chi connectivity index (χ1v) is 8.73. The second-order valence-electron chi connectivity index (χ2n) is 6.16. The van der Waals surface area contributed by atoms with Gasteiger partial charge in [0.1, 0.15) is 11.5 Å². The van der Waals surface area contributed by atoms with Crippen molar-refractivity contribution in [1.82, 2.24) is 0 Å². The molecule has 0 spiro atoms. The smallest absolute Gasteiger partial charge is 0.124 e. The molecular formula is C18H14Cl3NO2. The second kappa shape index (κ2) is 5.76. The second-order valence-corrected chi connectivity index (χ2v) is 7.35. The number of halogens is 3. The van der Waals surface area contributed by atoms with E-state index < -0.39 is 0 Å². The van der Waals surface area contributed by atoms with Crippen LogP contribution in [0.5, 0.6) is 11.5 Å². The topological polar surface area (TPSA) is 52.5 Å². The van der Waals surface area contributed by atoms with Gasteiger partial charge in [0.2, 0.25) is 0 Å². The molecule has 0 saturated heterocycles. The summed E-state index contributed by atoms with van der Waals surface area (Å²) < 4.78 is 0. The summed E-state index contributed by atoms with van der Waals surface area (Å²) in [5, 5.41) is 24.7. The third-order valence-electron chi connectivity index (χ3n) is 4.83. The highest BCUT2D eigenvalue weighted by Crippen LogP contribution is 2.55. The Morgan fingerprint density at radius 3 is 2.58 bits per heavy atom. The normalized spacial score (nSPS) is 24.4. The van der Waals surface area contributed by atoms with Gasteiger partial charge in [-0.05, 0) is 30.5 Å². The van der Waals surface area contributed by atoms with Crippen LogP contribution in [-0.2, 0) is 0 Å². The molecule has 3 nitrogen and oxygen atoms in total. The molecule has 2 aromatic rings. The van der Waals surface area contributed by atoms with Crippen LogP contribution in [-0.4, -0.2) is 10.2 Å². The van der Waals surface area contributed by atoms with Crippen molar-refractivity contribution < 1.29 is 10.2 Å². The number of hydrogen-bond acceptors (Lipinski definition) is 3. The molecule has 3 unspecified atom stereocenters. The van der Waals surface area contributed by atoms with Gasteiger partial charge < -0.3 is 15.5 Å². The fraction of sp³-hybridized carbons (Fsp3) is 0.222. The lowest BCUT2D eigenvalue weighted by molar-refractivity contribution is 0.398. The number of allylic oxidation sites excluding steroid dienone is 2. The quantitative estimate of drug-likeness (QED) is 0.426. The zero-order valence-corrected chi connectivity index (χ0v) is 14.7. The lowest BCUT2D eigenvalue weighted by Gasteiger charge is -2.38. The third kappa shape index (κ3) is 2.34. The molecule has 1 aliphatic carbocycles. The molecule has 3 N–H and O–H groups in total. The summed E-state index contributed by atoms with van der Waals surface area (Å²) in [6, 6.07) is 6.13. The first-order valence-electron chi connectivity index (χ1n) is 7.60. The minimum atomic E-state index is -0.146. The van der Waals surface area contributed by atoms with Crippen LogP contribution in [0.4, 0.5) is 5.69 Å². The van der Waals surface area contributed by atoms with E-state index in [1.807, 2.05) is 0 Å². The molecule has 3 atom stereocenters. The molecule has 2 aromatic carbocycles. The van der Waals surface area contributed by atoms with Gasteiger partial charge in [-0.15, -0.1) is 0 Å². The highest BCUT2D eigenvalue weighted by atomic mass is 35.5. The Hall–Kier alpha value is -1.55. The fourth-order valence-electron chi connectivity index (χ4n) is 3.76. The van der Waals surface area contributed by atoms with Gasteiger partial charge in [0, 0.05) is 23.1 Å². The molecule has 0 amide bonds. The first kappa shape index (κ1) is 15.9. The Labute approximate surface area is 154 Å². The molecule has 1 heterocycles. The van der Waals surface area contributed by atoms with Gasteiger partial charge in [-0.1, -0.05) is 47.0 Å². The van der Waals surface area contributed by atoms with Crippen molar-refractivity contribution in [1.29, 1.82) is 0 Å². The predicted octanol–water partition coefficient (Wildman–Crippen LogP) is 5.88. The van der Waals surface area contributed by atoms with Gasteiger partial charge in [-0.25, -0.2) is 0 Å². The standard InChI is InChI=1S/C18H14Cl3NO2/c19-12-7-13(20)18-15(16(12)21)9-2-1-3-10(9)17(22-18)11-5-4-8(23)6-14(11)24/h1-2,4-7,9-10,17,22-24H,3H2. The Morgan fingerprint density at radius 2 is 1.83 bits per heavy atom. The number of phenolic OH excluding ortho intramolecular Hbond substituents is 2. The van der Waals surface area contributed by atoms with E-state index in [9.17, 15) is 10.2 Å². The molecule has 2 aliphatic rings. The maximum absolute atomic E-state index is 10.3. The number of nitrogens with one attached hydrogen (secondary N) is 1. The van der Waals surface area contributed by atoms with Crippen LogP contribution in [0.25, 0.3) is 0 Å². The zero-order valence-electron chi connectivity index (χ0n) is 12.4.